The quantitative estimate of drug-likeness (QED) is 0.646. The Morgan fingerprint density at radius 2 is 2.17 bits per heavy atom. The fourth-order valence-electron chi connectivity index (χ4n) is 1.95. The minimum absolute atomic E-state index is 0.472. The van der Waals surface area contributed by atoms with E-state index < -0.39 is 0 Å². The Morgan fingerprint density at radius 1 is 1.28 bits per heavy atom. The minimum Gasteiger partial charge on any atom is -0.264 e. The van der Waals surface area contributed by atoms with Crippen LogP contribution in [0, 0.1) is 18.3 Å². The predicted molar refractivity (Wildman–Crippen MR) is 65.7 cm³/mol. The van der Waals surface area contributed by atoms with E-state index in [1.807, 2.05) is 19.1 Å². The van der Waals surface area contributed by atoms with E-state index in [1.165, 1.54) is 6.20 Å². The van der Waals surface area contributed by atoms with Crippen molar-refractivity contribution in [2.24, 2.45) is 0 Å². The number of pyridine rings is 1. The molecule has 86 valence electrons. The summed E-state index contributed by atoms with van der Waals surface area (Å²) in [5, 5.41) is 13.2. The van der Waals surface area contributed by atoms with Crippen LogP contribution in [0.4, 0.5) is 0 Å². The first-order chi connectivity index (χ1) is 8.81. The van der Waals surface area contributed by atoms with Crippen LogP contribution in [-0.4, -0.2) is 19.6 Å². The minimum atomic E-state index is 0.472. The summed E-state index contributed by atoms with van der Waals surface area (Å²) in [5.74, 6) is 0. The van der Waals surface area contributed by atoms with Gasteiger partial charge in [0.05, 0.1) is 11.9 Å². The summed E-state index contributed by atoms with van der Waals surface area (Å²) in [7, 11) is 0. The molecule has 0 aliphatic rings. The van der Waals surface area contributed by atoms with Gasteiger partial charge in [0.2, 0.25) is 0 Å². The van der Waals surface area contributed by atoms with Crippen molar-refractivity contribution in [1.82, 2.24) is 19.6 Å². The molecule has 0 saturated heterocycles. The van der Waals surface area contributed by atoms with Crippen molar-refractivity contribution in [1.29, 1.82) is 5.26 Å². The second kappa shape index (κ2) is 3.93. The van der Waals surface area contributed by atoms with Crippen LogP contribution in [0.3, 0.4) is 0 Å². The lowest BCUT2D eigenvalue weighted by Gasteiger charge is -2.07. The maximum atomic E-state index is 9.00. The summed E-state index contributed by atoms with van der Waals surface area (Å²) >= 11 is 0. The van der Waals surface area contributed by atoms with Gasteiger partial charge < -0.3 is 0 Å². The van der Waals surface area contributed by atoms with Gasteiger partial charge in [-0.3, -0.25) is 4.98 Å². The zero-order valence-corrected chi connectivity index (χ0v) is 9.70. The van der Waals surface area contributed by atoms with Gasteiger partial charge in [-0.05, 0) is 24.6 Å². The Hall–Kier alpha value is -2.74. The van der Waals surface area contributed by atoms with E-state index in [2.05, 4.69) is 21.1 Å². The lowest BCUT2D eigenvalue weighted by atomic mass is 10.1. The van der Waals surface area contributed by atoms with Crippen LogP contribution in [0.2, 0.25) is 0 Å². The molecule has 18 heavy (non-hydrogen) atoms. The van der Waals surface area contributed by atoms with Crippen molar-refractivity contribution >= 4 is 5.65 Å². The Labute approximate surface area is 103 Å². The highest BCUT2D eigenvalue weighted by Crippen LogP contribution is 2.23. The molecule has 0 aliphatic heterocycles. The van der Waals surface area contributed by atoms with Crippen molar-refractivity contribution in [2.75, 3.05) is 0 Å². The van der Waals surface area contributed by atoms with E-state index in [0.717, 1.165) is 16.8 Å². The zero-order chi connectivity index (χ0) is 12.5. The normalized spacial score (nSPS) is 10.4. The van der Waals surface area contributed by atoms with Crippen LogP contribution in [0.15, 0.2) is 36.9 Å². The van der Waals surface area contributed by atoms with Gasteiger partial charge in [0.15, 0.2) is 5.65 Å². The van der Waals surface area contributed by atoms with Crippen LogP contribution in [0.1, 0.15) is 11.1 Å². The third-order valence-electron chi connectivity index (χ3n) is 2.77. The van der Waals surface area contributed by atoms with Crippen LogP contribution in [0.5, 0.6) is 0 Å². The number of hydrogen-bond donors (Lipinski definition) is 0. The number of rotatable bonds is 1. The molecule has 0 radical (unpaired) electrons. The van der Waals surface area contributed by atoms with E-state index in [1.54, 1.807) is 23.1 Å². The van der Waals surface area contributed by atoms with Gasteiger partial charge in [0, 0.05) is 24.2 Å². The maximum Gasteiger partial charge on any atom is 0.173 e. The molecule has 3 aromatic heterocycles. The summed E-state index contributed by atoms with van der Waals surface area (Å²) in [6.07, 6.45) is 6.78. The van der Waals surface area contributed by atoms with Crippen molar-refractivity contribution in [3.8, 4) is 17.3 Å². The number of hydrogen-bond acceptors (Lipinski definition) is 4. The average Bonchev–Trinajstić information content (AvgIpc) is 2.82. The van der Waals surface area contributed by atoms with Crippen molar-refractivity contribution in [3.05, 3.63) is 48.0 Å². The van der Waals surface area contributed by atoms with Crippen molar-refractivity contribution in [2.45, 2.75) is 6.92 Å². The van der Waals surface area contributed by atoms with Gasteiger partial charge in [0.1, 0.15) is 11.6 Å². The number of aryl methyl sites for hydroxylation is 1. The molecule has 0 atom stereocenters. The van der Waals surface area contributed by atoms with Crippen LogP contribution in [0.25, 0.3) is 16.9 Å². The molecule has 0 unspecified atom stereocenters. The van der Waals surface area contributed by atoms with Crippen LogP contribution < -0.4 is 0 Å². The highest BCUT2D eigenvalue weighted by atomic mass is 15.3. The second-order valence-electron chi connectivity index (χ2n) is 3.94. The fraction of sp³-hybridized carbons (Fsp3) is 0.0769. The van der Waals surface area contributed by atoms with Gasteiger partial charge in [-0.25, -0.2) is 9.50 Å². The molecule has 5 heteroatoms. The standard InChI is InChI=1S/C13H9N5/c1-9-6-16-13-11(5-14)8-17-18(13)12(9)10-3-2-4-15-7-10/h2-4,6-8H,1H3. The highest BCUT2D eigenvalue weighted by Gasteiger charge is 2.12. The monoisotopic (exact) mass is 235 g/mol. The lowest BCUT2D eigenvalue weighted by molar-refractivity contribution is 0.936. The molecule has 0 N–H and O–H groups in total. The second-order valence-corrected chi connectivity index (χ2v) is 3.94. The SMILES string of the molecule is Cc1cnc2c(C#N)cnn2c1-c1cccnc1. The smallest absolute Gasteiger partial charge is 0.173 e. The van der Waals surface area contributed by atoms with E-state index in [9.17, 15) is 0 Å². The molecule has 3 heterocycles. The Balaban J connectivity index is 2.39. The third-order valence-corrected chi connectivity index (χ3v) is 2.77. The molecular weight excluding hydrogens is 226 g/mol. The summed E-state index contributed by atoms with van der Waals surface area (Å²) < 4.78 is 1.69. The fourth-order valence-corrected chi connectivity index (χ4v) is 1.95. The first-order valence-electron chi connectivity index (χ1n) is 5.45. The van der Waals surface area contributed by atoms with Crippen LogP contribution in [-0.2, 0) is 0 Å². The van der Waals surface area contributed by atoms with Gasteiger partial charge in [-0.15, -0.1) is 0 Å². The molecule has 0 aromatic carbocycles. The van der Waals surface area contributed by atoms with Crippen molar-refractivity contribution in [3.63, 3.8) is 0 Å². The first-order valence-corrected chi connectivity index (χ1v) is 5.45. The molecular formula is C13H9N5. The number of nitrogens with zero attached hydrogens (tertiary/aromatic N) is 5. The van der Waals surface area contributed by atoms with Crippen LogP contribution >= 0.6 is 0 Å². The largest absolute Gasteiger partial charge is 0.264 e. The topological polar surface area (TPSA) is 66.9 Å². The van der Waals surface area contributed by atoms with Gasteiger partial charge in [0.25, 0.3) is 0 Å². The average molecular weight is 235 g/mol. The van der Waals surface area contributed by atoms with Crippen molar-refractivity contribution < 1.29 is 0 Å². The number of fused-ring (bicyclic) bond motifs is 1. The molecule has 0 fully saturated rings. The summed E-state index contributed by atoms with van der Waals surface area (Å²) in [6, 6.07) is 5.92. The molecule has 0 bridgehead atoms. The third kappa shape index (κ3) is 1.44. The van der Waals surface area contributed by atoms with Gasteiger partial charge in [-0.2, -0.15) is 10.4 Å². The molecule has 3 rings (SSSR count). The summed E-state index contributed by atoms with van der Waals surface area (Å²) in [5.41, 5.74) is 3.90. The molecule has 0 saturated carbocycles. The van der Waals surface area contributed by atoms with Gasteiger partial charge in [-0.1, -0.05) is 0 Å². The maximum absolute atomic E-state index is 9.00. The predicted octanol–water partition coefficient (Wildman–Crippen LogP) is 1.97. The zero-order valence-electron chi connectivity index (χ0n) is 9.70. The van der Waals surface area contributed by atoms with E-state index >= 15 is 0 Å². The first kappa shape index (κ1) is 10.4. The molecule has 0 spiro atoms. The molecule has 0 aliphatic carbocycles. The van der Waals surface area contributed by atoms with Gasteiger partial charge >= 0.3 is 0 Å². The van der Waals surface area contributed by atoms with E-state index in [4.69, 9.17) is 5.26 Å². The summed E-state index contributed by atoms with van der Waals surface area (Å²) in [4.78, 5) is 8.36. The Morgan fingerprint density at radius 3 is 2.89 bits per heavy atom. The molecule has 5 nitrogen and oxygen atoms in total. The molecule has 0 amide bonds. The Bertz CT molecular complexity index is 752. The summed E-state index contributed by atoms with van der Waals surface area (Å²) in [6.45, 7) is 1.96. The van der Waals surface area contributed by atoms with E-state index in [-0.39, 0.29) is 0 Å². The number of nitriles is 1. The highest BCUT2D eigenvalue weighted by molar-refractivity contribution is 5.67. The molecule has 3 aromatic rings. The lowest BCUT2D eigenvalue weighted by Crippen LogP contribution is -1.99. The number of aromatic nitrogens is 4. The Kier molecular flexibility index (Phi) is 2.27. The van der Waals surface area contributed by atoms with E-state index in [0.29, 0.717) is 11.2 Å².